The lowest BCUT2D eigenvalue weighted by Gasteiger charge is -2.36. The smallest absolute Gasteiger partial charge is 0.340 e. The van der Waals surface area contributed by atoms with Crippen molar-refractivity contribution in [2.24, 2.45) is 0 Å². The lowest BCUT2D eigenvalue weighted by atomic mass is 9.86. The number of fused-ring (bicyclic) bond motifs is 1. The van der Waals surface area contributed by atoms with E-state index in [9.17, 15) is 14.7 Å². The quantitative estimate of drug-likeness (QED) is 0.664. The third kappa shape index (κ3) is 2.88. The van der Waals surface area contributed by atoms with Crippen LogP contribution >= 0.6 is 0 Å². The number of nitrogens with zero attached hydrogens (tertiary/aromatic N) is 1. The molecular formula is C17H22N4O4. The van der Waals surface area contributed by atoms with Gasteiger partial charge in [-0.25, -0.2) is 9.89 Å². The Balaban J connectivity index is 1.82. The zero-order valence-electron chi connectivity index (χ0n) is 14.7. The van der Waals surface area contributed by atoms with Crippen LogP contribution < -0.4 is 15.7 Å². The molecule has 1 unspecified atom stereocenters. The van der Waals surface area contributed by atoms with Crippen molar-refractivity contribution < 1.29 is 14.6 Å². The summed E-state index contributed by atoms with van der Waals surface area (Å²) in [5.41, 5.74) is 1.91. The van der Waals surface area contributed by atoms with Gasteiger partial charge in [0.25, 0.3) is 5.91 Å². The molecule has 3 rings (SSSR count). The Morgan fingerprint density at radius 2 is 2.04 bits per heavy atom. The lowest BCUT2D eigenvalue weighted by molar-refractivity contribution is -0.137. The van der Waals surface area contributed by atoms with Crippen molar-refractivity contribution in [3.63, 3.8) is 0 Å². The number of ether oxygens (including phenoxy) is 1. The van der Waals surface area contributed by atoms with Crippen LogP contribution in [-0.2, 0) is 17.8 Å². The number of H-pyrrole nitrogens is 2. The Morgan fingerprint density at radius 3 is 2.68 bits per heavy atom. The summed E-state index contributed by atoms with van der Waals surface area (Å²) in [7, 11) is 0. The van der Waals surface area contributed by atoms with Crippen LogP contribution in [0.3, 0.4) is 0 Å². The molecule has 1 aromatic carbocycles. The third-order valence-electron chi connectivity index (χ3n) is 4.97. The van der Waals surface area contributed by atoms with Gasteiger partial charge in [-0.3, -0.25) is 9.78 Å². The van der Waals surface area contributed by atoms with Crippen molar-refractivity contribution in [2.75, 3.05) is 0 Å². The van der Waals surface area contributed by atoms with E-state index in [4.69, 9.17) is 4.74 Å². The minimum atomic E-state index is -1.02. The molecular weight excluding hydrogens is 324 g/mol. The summed E-state index contributed by atoms with van der Waals surface area (Å²) < 4.78 is 6.10. The molecule has 8 nitrogen and oxygen atoms in total. The number of aromatic hydroxyl groups is 1. The van der Waals surface area contributed by atoms with Crippen LogP contribution in [0.2, 0.25) is 0 Å². The van der Waals surface area contributed by atoms with Crippen molar-refractivity contribution in [3.8, 4) is 11.5 Å². The summed E-state index contributed by atoms with van der Waals surface area (Å²) in [5.74, 6) is 1.04. The van der Waals surface area contributed by atoms with Gasteiger partial charge in [0.2, 0.25) is 0 Å². The van der Waals surface area contributed by atoms with Crippen LogP contribution in [0, 0.1) is 20.8 Å². The largest absolute Gasteiger partial charge is 0.507 e. The second-order valence-electron chi connectivity index (χ2n) is 6.67. The highest BCUT2D eigenvalue weighted by atomic mass is 16.5. The maximum Gasteiger partial charge on any atom is 0.340 e. The molecule has 25 heavy (non-hydrogen) atoms. The van der Waals surface area contributed by atoms with Crippen molar-refractivity contribution in [1.29, 1.82) is 0 Å². The summed E-state index contributed by atoms with van der Waals surface area (Å²) in [5, 5.41) is 19.0. The normalized spacial score (nSPS) is 19.2. The number of benzene rings is 1. The second-order valence-corrected chi connectivity index (χ2v) is 6.67. The first-order valence-corrected chi connectivity index (χ1v) is 8.15. The van der Waals surface area contributed by atoms with Gasteiger partial charge < -0.3 is 15.2 Å². The number of aromatic nitrogens is 3. The zero-order valence-corrected chi connectivity index (χ0v) is 14.7. The molecule has 2 heterocycles. The van der Waals surface area contributed by atoms with Crippen molar-refractivity contribution >= 4 is 5.91 Å². The van der Waals surface area contributed by atoms with E-state index in [1.807, 2.05) is 20.8 Å². The predicted molar refractivity (Wildman–Crippen MR) is 90.7 cm³/mol. The number of phenolic OH excluding ortho intramolecular Hbond substituents is 1. The van der Waals surface area contributed by atoms with E-state index >= 15 is 0 Å². The SMILES string of the molecule is Cc1c(C)c2c(c(C)c1O)CCC(C)(C(=O)NCc1n[nH]c(=O)[nH]1)O2. The molecule has 1 aromatic heterocycles. The molecule has 134 valence electrons. The molecule has 1 amide bonds. The summed E-state index contributed by atoms with van der Waals surface area (Å²) >= 11 is 0. The number of rotatable bonds is 3. The van der Waals surface area contributed by atoms with E-state index in [1.54, 1.807) is 6.92 Å². The number of hydrogen-bond donors (Lipinski definition) is 4. The first-order chi connectivity index (χ1) is 11.7. The van der Waals surface area contributed by atoms with Gasteiger partial charge in [-0.15, -0.1) is 0 Å². The maximum absolute atomic E-state index is 12.6. The minimum absolute atomic E-state index is 0.107. The molecule has 4 N–H and O–H groups in total. The molecule has 8 heteroatoms. The Bertz CT molecular complexity index is 899. The molecule has 1 aliphatic heterocycles. The maximum atomic E-state index is 12.6. The number of carbonyl (C=O) groups excluding carboxylic acids is 1. The van der Waals surface area contributed by atoms with E-state index in [1.165, 1.54) is 0 Å². The van der Waals surface area contributed by atoms with Crippen molar-refractivity contribution in [2.45, 2.75) is 52.7 Å². The molecule has 0 bridgehead atoms. The number of amides is 1. The van der Waals surface area contributed by atoms with Crippen molar-refractivity contribution in [1.82, 2.24) is 20.5 Å². The Hall–Kier alpha value is -2.77. The highest BCUT2D eigenvalue weighted by molar-refractivity contribution is 5.85. The third-order valence-corrected chi connectivity index (χ3v) is 4.97. The molecule has 0 saturated carbocycles. The topological polar surface area (TPSA) is 120 Å². The van der Waals surface area contributed by atoms with E-state index in [0.29, 0.717) is 24.4 Å². The summed E-state index contributed by atoms with van der Waals surface area (Å²) in [6.45, 7) is 7.43. The highest BCUT2D eigenvalue weighted by Crippen LogP contribution is 2.43. The van der Waals surface area contributed by atoms with Gasteiger partial charge in [0.15, 0.2) is 5.60 Å². The summed E-state index contributed by atoms with van der Waals surface area (Å²) in [6.07, 6.45) is 1.13. The fourth-order valence-corrected chi connectivity index (χ4v) is 3.15. The molecule has 0 radical (unpaired) electrons. The first kappa shape index (κ1) is 17.1. The van der Waals surface area contributed by atoms with E-state index in [2.05, 4.69) is 20.5 Å². The molecule has 0 spiro atoms. The Labute approximate surface area is 144 Å². The number of aromatic amines is 2. The van der Waals surface area contributed by atoms with E-state index < -0.39 is 11.3 Å². The lowest BCUT2D eigenvalue weighted by Crippen LogP contribution is -2.51. The van der Waals surface area contributed by atoms with Crippen LogP contribution in [-0.4, -0.2) is 31.8 Å². The molecule has 2 aromatic rings. The van der Waals surface area contributed by atoms with Crippen molar-refractivity contribution in [3.05, 3.63) is 38.6 Å². The number of hydrogen-bond acceptors (Lipinski definition) is 5. The van der Waals surface area contributed by atoms with Gasteiger partial charge >= 0.3 is 5.69 Å². The monoisotopic (exact) mass is 346 g/mol. The van der Waals surface area contributed by atoms with Crippen LogP contribution in [0.5, 0.6) is 11.5 Å². The number of nitrogens with one attached hydrogen (secondary N) is 3. The van der Waals surface area contributed by atoms with Gasteiger partial charge in [-0.2, -0.15) is 5.10 Å². The van der Waals surface area contributed by atoms with Crippen LogP contribution in [0.15, 0.2) is 4.79 Å². The summed E-state index contributed by atoms with van der Waals surface area (Å²) in [4.78, 5) is 26.2. The average molecular weight is 346 g/mol. The molecule has 1 atom stereocenters. The number of carbonyl (C=O) groups is 1. The van der Waals surface area contributed by atoms with E-state index in [-0.39, 0.29) is 18.2 Å². The van der Waals surface area contributed by atoms with Gasteiger partial charge in [0.05, 0.1) is 6.54 Å². The molecule has 0 aliphatic carbocycles. The fourth-order valence-electron chi connectivity index (χ4n) is 3.15. The van der Waals surface area contributed by atoms with Gasteiger partial charge in [0.1, 0.15) is 17.3 Å². The molecule has 0 saturated heterocycles. The second kappa shape index (κ2) is 5.94. The summed E-state index contributed by atoms with van der Waals surface area (Å²) in [6, 6.07) is 0. The van der Waals surface area contributed by atoms with Gasteiger partial charge in [-0.1, -0.05) is 0 Å². The molecule has 1 aliphatic rings. The van der Waals surface area contributed by atoms with Crippen LogP contribution in [0.4, 0.5) is 0 Å². The Kier molecular flexibility index (Phi) is 4.06. The average Bonchev–Trinajstić information content (AvgIpc) is 3.01. The molecule has 0 fully saturated rings. The standard InChI is InChI=1S/C17H22N4O4/c1-8-9(2)14-11(10(3)13(8)22)5-6-17(4,25-14)15(23)18-7-12-19-16(24)21-20-12/h22H,5-7H2,1-4H3,(H,18,23)(H2,19,20,21,24). The van der Waals surface area contributed by atoms with Crippen LogP contribution in [0.25, 0.3) is 0 Å². The Morgan fingerprint density at radius 1 is 1.32 bits per heavy atom. The van der Waals surface area contributed by atoms with Gasteiger partial charge in [-0.05, 0) is 50.8 Å². The zero-order chi connectivity index (χ0) is 18.4. The van der Waals surface area contributed by atoms with Gasteiger partial charge in [0, 0.05) is 12.0 Å². The van der Waals surface area contributed by atoms with Crippen LogP contribution in [0.1, 0.15) is 41.4 Å². The first-order valence-electron chi connectivity index (χ1n) is 8.15. The minimum Gasteiger partial charge on any atom is -0.507 e. The number of phenols is 1. The highest BCUT2D eigenvalue weighted by Gasteiger charge is 2.40. The fraction of sp³-hybridized carbons (Fsp3) is 0.471. The predicted octanol–water partition coefficient (Wildman–Crippen LogP) is 1.13. The van der Waals surface area contributed by atoms with E-state index in [0.717, 1.165) is 22.3 Å².